The van der Waals surface area contributed by atoms with Crippen molar-refractivity contribution in [1.82, 2.24) is 10.6 Å². The van der Waals surface area contributed by atoms with E-state index in [1.165, 1.54) is 24.3 Å². The maximum Gasteiger partial charge on any atom is 0.328 e. The molecule has 0 bridgehead atoms. The van der Waals surface area contributed by atoms with E-state index in [-0.39, 0.29) is 5.75 Å². The van der Waals surface area contributed by atoms with Crippen LogP contribution < -0.4 is 16.0 Å². The normalized spacial score (nSPS) is 15.7. The van der Waals surface area contributed by atoms with E-state index >= 15 is 0 Å². The Hall–Kier alpha value is -2.90. The summed E-state index contributed by atoms with van der Waals surface area (Å²) in [6.45, 7) is 0. The highest BCUT2D eigenvalue weighted by Crippen LogP contribution is 2.15. The number of phenols is 1. The van der Waals surface area contributed by atoms with Gasteiger partial charge in [-0.25, -0.2) is 4.79 Å². The number of hydrogen-bond donors (Lipinski definition) is 4. The topological polar surface area (TPSA) is 125 Å². The van der Waals surface area contributed by atoms with Crippen molar-refractivity contribution in [3.8, 4) is 5.75 Å². The van der Waals surface area contributed by atoms with Crippen molar-refractivity contribution in [2.24, 2.45) is 5.92 Å². The van der Waals surface area contributed by atoms with E-state index in [4.69, 9.17) is 5.11 Å². The van der Waals surface area contributed by atoms with E-state index in [1.54, 1.807) is 0 Å². The Balaban J connectivity index is 2.11. The van der Waals surface area contributed by atoms with E-state index in [9.17, 15) is 19.2 Å². The zero-order valence-electron chi connectivity index (χ0n) is 9.47. The molecule has 8 nitrogen and oxygen atoms in total. The maximum absolute atomic E-state index is 11.8. The van der Waals surface area contributed by atoms with Crippen LogP contribution in [0.1, 0.15) is 0 Å². The van der Waals surface area contributed by atoms with Crippen molar-refractivity contribution in [2.75, 3.05) is 5.32 Å². The molecule has 0 spiro atoms. The molecule has 0 unspecified atom stereocenters. The molecular weight excluding hydrogens is 254 g/mol. The molecule has 0 radical (unpaired) electrons. The number of phenolic OH excluding ortho intramolecular Hbond substituents is 1. The summed E-state index contributed by atoms with van der Waals surface area (Å²) in [6, 6.07) is 4.51. The summed E-state index contributed by atoms with van der Waals surface area (Å²) in [4.78, 5) is 45.4. The third-order valence-corrected chi connectivity index (χ3v) is 2.39. The van der Waals surface area contributed by atoms with Gasteiger partial charge in [-0.1, -0.05) is 0 Å². The minimum absolute atomic E-state index is 0.0109. The van der Waals surface area contributed by atoms with Gasteiger partial charge in [0.05, 0.1) is 0 Å². The van der Waals surface area contributed by atoms with Crippen LogP contribution in [0.25, 0.3) is 0 Å². The number of barbiturate groups is 1. The molecule has 1 heterocycles. The van der Waals surface area contributed by atoms with Crippen molar-refractivity contribution >= 4 is 29.4 Å². The summed E-state index contributed by atoms with van der Waals surface area (Å²) in [5, 5.41) is 15.1. The first-order chi connectivity index (χ1) is 8.97. The van der Waals surface area contributed by atoms with Crippen LogP contribution >= 0.6 is 0 Å². The van der Waals surface area contributed by atoms with Gasteiger partial charge in [0.2, 0.25) is 17.7 Å². The number of nitrogens with one attached hydrogen (secondary N) is 3. The Morgan fingerprint density at radius 1 is 1.05 bits per heavy atom. The number of rotatable bonds is 2. The van der Waals surface area contributed by atoms with Gasteiger partial charge in [0, 0.05) is 5.69 Å². The van der Waals surface area contributed by atoms with Gasteiger partial charge in [-0.2, -0.15) is 0 Å². The summed E-state index contributed by atoms with van der Waals surface area (Å²) in [7, 11) is 0. The Bertz CT molecular complexity index is 546. The minimum Gasteiger partial charge on any atom is -0.508 e. The zero-order chi connectivity index (χ0) is 14.0. The second-order valence-electron chi connectivity index (χ2n) is 3.78. The number of anilines is 1. The van der Waals surface area contributed by atoms with Crippen LogP contribution in [0.5, 0.6) is 5.75 Å². The molecule has 1 aliphatic rings. The van der Waals surface area contributed by atoms with Gasteiger partial charge >= 0.3 is 6.03 Å². The molecule has 98 valence electrons. The van der Waals surface area contributed by atoms with Crippen LogP contribution in [-0.4, -0.2) is 28.9 Å². The molecule has 1 aromatic rings. The second kappa shape index (κ2) is 4.77. The van der Waals surface area contributed by atoms with Gasteiger partial charge in [-0.15, -0.1) is 0 Å². The number of urea groups is 1. The van der Waals surface area contributed by atoms with E-state index in [2.05, 4.69) is 5.32 Å². The maximum atomic E-state index is 11.8. The number of carbonyl (C=O) groups is 4. The molecular formula is C11H9N3O5. The van der Waals surface area contributed by atoms with Gasteiger partial charge in [-0.3, -0.25) is 25.0 Å². The van der Waals surface area contributed by atoms with Gasteiger partial charge in [0.1, 0.15) is 5.75 Å². The highest BCUT2D eigenvalue weighted by molar-refractivity contribution is 6.28. The van der Waals surface area contributed by atoms with Crippen LogP contribution in [0.3, 0.4) is 0 Å². The third kappa shape index (κ3) is 2.68. The van der Waals surface area contributed by atoms with E-state index < -0.39 is 29.7 Å². The average Bonchev–Trinajstić information content (AvgIpc) is 2.30. The van der Waals surface area contributed by atoms with E-state index in [1.807, 2.05) is 10.6 Å². The molecule has 0 aromatic heterocycles. The number of benzene rings is 1. The van der Waals surface area contributed by atoms with Crippen LogP contribution in [0, 0.1) is 5.92 Å². The minimum atomic E-state index is -1.63. The van der Waals surface area contributed by atoms with Gasteiger partial charge in [0.15, 0.2) is 5.92 Å². The van der Waals surface area contributed by atoms with Crippen LogP contribution in [0.15, 0.2) is 24.3 Å². The third-order valence-electron chi connectivity index (χ3n) is 2.39. The van der Waals surface area contributed by atoms with Gasteiger partial charge in [-0.05, 0) is 24.3 Å². The smallest absolute Gasteiger partial charge is 0.328 e. The van der Waals surface area contributed by atoms with Crippen LogP contribution in [0.2, 0.25) is 0 Å². The predicted octanol–water partition coefficient (Wildman–Crippen LogP) is -0.687. The first-order valence-corrected chi connectivity index (χ1v) is 5.23. The lowest BCUT2D eigenvalue weighted by molar-refractivity contribution is -0.141. The Morgan fingerprint density at radius 3 is 2.11 bits per heavy atom. The molecule has 19 heavy (non-hydrogen) atoms. The van der Waals surface area contributed by atoms with Crippen molar-refractivity contribution in [2.45, 2.75) is 0 Å². The van der Waals surface area contributed by atoms with Crippen LogP contribution in [0.4, 0.5) is 10.5 Å². The lowest BCUT2D eigenvalue weighted by Crippen LogP contribution is -2.58. The summed E-state index contributed by atoms with van der Waals surface area (Å²) in [6.07, 6.45) is 0. The van der Waals surface area contributed by atoms with Crippen molar-refractivity contribution in [3.63, 3.8) is 0 Å². The Kier molecular flexibility index (Phi) is 3.15. The molecule has 0 atom stereocenters. The molecule has 8 heteroatoms. The molecule has 2 rings (SSSR count). The predicted molar refractivity (Wildman–Crippen MR) is 61.9 cm³/mol. The van der Waals surface area contributed by atoms with E-state index in [0.29, 0.717) is 5.69 Å². The highest BCUT2D eigenvalue weighted by Gasteiger charge is 2.39. The van der Waals surface area contributed by atoms with Gasteiger partial charge in [0.25, 0.3) is 0 Å². The van der Waals surface area contributed by atoms with Crippen molar-refractivity contribution in [1.29, 1.82) is 0 Å². The number of carbonyl (C=O) groups excluding carboxylic acids is 4. The quantitative estimate of drug-likeness (QED) is 0.415. The summed E-state index contributed by atoms with van der Waals surface area (Å²) in [5.41, 5.74) is 0.306. The highest BCUT2D eigenvalue weighted by atomic mass is 16.3. The lowest BCUT2D eigenvalue weighted by Gasteiger charge is -2.19. The number of aromatic hydroxyl groups is 1. The molecule has 1 aliphatic heterocycles. The zero-order valence-corrected chi connectivity index (χ0v) is 9.47. The molecule has 0 saturated carbocycles. The largest absolute Gasteiger partial charge is 0.508 e. The fourth-order valence-corrected chi connectivity index (χ4v) is 1.52. The first-order valence-electron chi connectivity index (χ1n) is 5.23. The van der Waals surface area contributed by atoms with Gasteiger partial charge < -0.3 is 10.4 Å². The summed E-state index contributed by atoms with van der Waals surface area (Å²) >= 11 is 0. The molecule has 4 N–H and O–H groups in total. The second-order valence-corrected chi connectivity index (χ2v) is 3.78. The molecule has 1 aromatic carbocycles. The molecule has 1 saturated heterocycles. The van der Waals surface area contributed by atoms with E-state index in [0.717, 1.165) is 0 Å². The number of amides is 5. The van der Waals surface area contributed by atoms with Crippen molar-refractivity contribution < 1.29 is 24.3 Å². The average molecular weight is 263 g/mol. The summed E-state index contributed by atoms with van der Waals surface area (Å²) in [5.74, 6) is -4.45. The summed E-state index contributed by atoms with van der Waals surface area (Å²) < 4.78 is 0. The van der Waals surface area contributed by atoms with Crippen molar-refractivity contribution in [3.05, 3.63) is 24.3 Å². The number of hydrogen-bond acceptors (Lipinski definition) is 5. The molecule has 1 fully saturated rings. The fourth-order valence-electron chi connectivity index (χ4n) is 1.52. The standard InChI is InChI=1S/C11H9N3O5/c15-6-3-1-5(2-4-6)12-8(16)7-9(17)13-11(19)14-10(7)18/h1-4,7,15H,(H,12,16)(H2,13,14,17,18,19). The monoisotopic (exact) mass is 263 g/mol. The lowest BCUT2D eigenvalue weighted by atomic mass is 10.1. The first kappa shape index (κ1) is 12.6. The molecule has 5 amide bonds. The molecule has 0 aliphatic carbocycles. The number of imide groups is 2. The van der Waals surface area contributed by atoms with Crippen LogP contribution in [-0.2, 0) is 14.4 Å². The SMILES string of the molecule is O=C1NC(=O)C(C(=O)Nc2ccc(O)cc2)C(=O)N1. The Morgan fingerprint density at radius 2 is 1.58 bits per heavy atom. The Labute approximate surface area is 106 Å². The fraction of sp³-hybridized carbons (Fsp3) is 0.0909.